The van der Waals surface area contributed by atoms with Crippen molar-refractivity contribution in [2.45, 2.75) is 33.2 Å². The van der Waals surface area contributed by atoms with Gasteiger partial charge >= 0.3 is 0 Å². The van der Waals surface area contributed by atoms with Crippen LogP contribution in [0.5, 0.6) is 0 Å². The minimum atomic E-state index is 0.239. The molecule has 2 heterocycles. The molecule has 0 spiro atoms. The Morgan fingerprint density at radius 2 is 2.16 bits per heavy atom. The van der Waals surface area contributed by atoms with Crippen molar-refractivity contribution in [2.75, 3.05) is 6.54 Å². The van der Waals surface area contributed by atoms with Crippen LogP contribution in [-0.2, 0) is 0 Å². The van der Waals surface area contributed by atoms with Crippen molar-refractivity contribution in [3.8, 4) is 0 Å². The lowest BCUT2D eigenvalue weighted by atomic mass is 10.1. The van der Waals surface area contributed by atoms with Crippen molar-refractivity contribution in [3.63, 3.8) is 0 Å². The Bertz CT molecular complexity index is 514. The van der Waals surface area contributed by atoms with Gasteiger partial charge in [-0.25, -0.2) is 0 Å². The predicted molar refractivity (Wildman–Crippen MR) is 85.9 cm³/mol. The number of nitrogens with one attached hydrogen (secondary N) is 1. The summed E-state index contributed by atoms with van der Waals surface area (Å²) in [6, 6.07) is 6.73. The predicted octanol–water partition coefficient (Wildman–Crippen LogP) is 4.61. The summed E-state index contributed by atoms with van der Waals surface area (Å²) in [6.45, 7) is 7.35. The summed E-state index contributed by atoms with van der Waals surface area (Å²) in [5, 5.41) is 3.61. The first-order valence-corrected chi connectivity index (χ1v) is 8.14. The fourth-order valence-corrected chi connectivity index (χ4v) is 3.62. The van der Waals surface area contributed by atoms with Crippen LogP contribution in [0.1, 0.15) is 41.1 Å². The number of rotatable bonds is 5. The monoisotopic (exact) mass is 338 g/mol. The Morgan fingerprint density at radius 3 is 2.68 bits per heavy atom. The van der Waals surface area contributed by atoms with Crippen LogP contribution in [0.15, 0.2) is 28.2 Å². The van der Waals surface area contributed by atoms with Crippen LogP contribution in [0.2, 0.25) is 0 Å². The maximum Gasteiger partial charge on any atom is 0.0731 e. The van der Waals surface area contributed by atoms with Gasteiger partial charge in [0.1, 0.15) is 0 Å². The van der Waals surface area contributed by atoms with Gasteiger partial charge in [0, 0.05) is 16.8 Å². The van der Waals surface area contributed by atoms with Crippen molar-refractivity contribution in [1.29, 1.82) is 0 Å². The zero-order valence-corrected chi connectivity index (χ0v) is 13.9. The molecule has 0 bridgehead atoms. The topological polar surface area (TPSA) is 24.9 Å². The summed E-state index contributed by atoms with van der Waals surface area (Å²) in [5.74, 6) is 0. The number of hydrogen-bond acceptors (Lipinski definition) is 3. The van der Waals surface area contributed by atoms with E-state index >= 15 is 0 Å². The molecular weight excluding hydrogens is 320 g/mol. The molecule has 2 rings (SSSR count). The molecule has 0 aliphatic rings. The summed E-state index contributed by atoms with van der Waals surface area (Å²) in [5.41, 5.74) is 3.58. The van der Waals surface area contributed by atoms with E-state index in [1.54, 1.807) is 11.3 Å². The first kappa shape index (κ1) is 14.7. The van der Waals surface area contributed by atoms with Crippen molar-refractivity contribution in [3.05, 3.63) is 49.9 Å². The van der Waals surface area contributed by atoms with E-state index in [0.717, 1.165) is 18.7 Å². The van der Waals surface area contributed by atoms with Crippen LogP contribution in [0.4, 0.5) is 0 Å². The first-order chi connectivity index (χ1) is 9.11. The third-order valence-corrected chi connectivity index (χ3v) is 5.23. The van der Waals surface area contributed by atoms with Gasteiger partial charge in [0.25, 0.3) is 0 Å². The van der Waals surface area contributed by atoms with Gasteiger partial charge in [-0.3, -0.25) is 4.98 Å². The minimum Gasteiger partial charge on any atom is -0.306 e. The van der Waals surface area contributed by atoms with E-state index in [-0.39, 0.29) is 6.04 Å². The molecule has 0 fully saturated rings. The number of thiophene rings is 1. The molecule has 0 saturated carbocycles. The van der Waals surface area contributed by atoms with Crippen molar-refractivity contribution in [1.82, 2.24) is 10.3 Å². The van der Waals surface area contributed by atoms with Crippen molar-refractivity contribution in [2.24, 2.45) is 0 Å². The normalized spacial score (nSPS) is 12.6. The van der Waals surface area contributed by atoms with Gasteiger partial charge < -0.3 is 5.32 Å². The number of hydrogen-bond donors (Lipinski definition) is 1. The van der Waals surface area contributed by atoms with E-state index in [0.29, 0.717) is 0 Å². The second-order valence-electron chi connectivity index (χ2n) is 4.73. The smallest absolute Gasteiger partial charge is 0.0731 e. The Morgan fingerprint density at radius 1 is 1.37 bits per heavy atom. The Hall–Kier alpha value is -0.710. The van der Waals surface area contributed by atoms with E-state index in [1.807, 2.05) is 13.1 Å². The minimum absolute atomic E-state index is 0.239. The highest BCUT2D eigenvalue weighted by atomic mass is 79.9. The fraction of sp³-hybridized carbons (Fsp3) is 0.400. The highest BCUT2D eigenvalue weighted by Gasteiger charge is 2.17. The standard InChI is InChI=1S/C15H19BrN2S/c1-4-7-17-14(12-6-5-11(3)18-9-12)13-8-10(2)15(16)19-13/h5-6,8-9,14,17H,4,7H2,1-3H3. The number of aromatic nitrogens is 1. The maximum atomic E-state index is 4.42. The van der Waals surface area contributed by atoms with Gasteiger partial charge in [-0.2, -0.15) is 0 Å². The molecule has 0 amide bonds. The highest BCUT2D eigenvalue weighted by molar-refractivity contribution is 9.11. The largest absolute Gasteiger partial charge is 0.306 e. The molecule has 1 N–H and O–H groups in total. The molecule has 0 aliphatic heterocycles. The molecule has 1 unspecified atom stereocenters. The Kier molecular flexibility index (Phi) is 5.13. The van der Waals surface area contributed by atoms with Gasteiger partial charge in [-0.1, -0.05) is 13.0 Å². The lowest BCUT2D eigenvalue weighted by Crippen LogP contribution is -2.22. The molecule has 0 aliphatic carbocycles. The number of nitrogens with zero attached hydrogens (tertiary/aromatic N) is 1. The summed E-state index contributed by atoms with van der Waals surface area (Å²) < 4.78 is 1.21. The number of aryl methyl sites for hydroxylation is 2. The third-order valence-electron chi connectivity index (χ3n) is 3.03. The zero-order valence-electron chi connectivity index (χ0n) is 11.5. The molecule has 2 aromatic rings. The highest BCUT2D eigenvalue weighted by Crippen LogP contribution is 2.34. The van der Waals surface area contributed by atoms with E-state index in [9.17, 15) is 0 Å². The molecular formula is C15H19BrN2S. The van der Waals surface area contributed by atoms with Crippen LogP contribution in [0.3, 0.4) is 0 Å². The molecule has 0 radical (unpaired) electrons. The van der Waals surface area contributed by atoms with Crippen LogP contribution in [0.25, 0.3) is 0 Å². The van der Waals surface area contributed by atoms with E-state index in [2.05, 4.69) is 58.3 Å². The van der Waals surface area contributed by atoms with Gasteiger partial charge in [0.15, 0.2) is 0 Å². The van der Waals surface area contributed by atoms with Crippen LogP contribution >= 0.6 is 27.3 Å². The second kappa shape index (κ2) is 6.64. The summed E-state index contributed by atoms with van der Waals surface area (Å²) in [7, 11) is 0. The molecule has 19 heavy (non-hydrogen) atoms. The number of pyridine rings is 1. The van der Waals surface area contributed by atoms with Crippen LogP contribution in [-0.4, -0.2) is 11.5 Å². The van der Waals surface area contributed by atoms with Crippen molar-refractivity contribution >= 4 is 27.3 Å². The molecule has 4 heteroatoms. The van der Waals surface area contributed by atoms with E-state index in [4.69, 9.17) is 0 Å². The molecule has 1 atom stereocenters. The van der Waals surface area contributed by atoms with Crippen LogP contribution < -0.4 is 5.32 Å². The van der Waals surface area contributed by atoms with E-state index in [1.165, 1.54) is 19.8 Å². The average molecular weight is 339 g/mol. The Labute approximate surface area is 127 Å². The Balaban J connectivity index is 2.32. The average Bonchev–Trinajstić information content (AvgIpc) is 2.72. The van der Waals surface area contributed by atoms with Gasteiger partial charge in [-0.05, 0) is 66.0 Å². The molecule has 102 valence electrons. The molecule has 0 aromatic carbocycles. The second-order valence-corrected chi connectivity index (χ2v) is 7.13. The zero-order chi connectivity index (χ0) is 13.8. The summed E-state index contributed by atoms with van der Waals surface area (Å²) in [4.78, 5) is 5.75. The maximum absolute atomic E-state index is 4.42. The van der Waals surface area contributed by atoms with Gasteiger partial charge in [0.05, 0.1) is 9.83 Å². The molecule has 0 saturated heterocycles. The SMILES string of the molecule is CCCNC(c1ccc(C)nc1)c1cc(C)c(Br)s1. The fourth-order valence-electron chi connectivity index (χ4n) is 1.95. The molecule has 2 nitrogen and oxygen atoms in total. The quantitative estimate of drug-likeness (QED) is 0.860. The molecule has 2 aromatic heterocycles. The van der Waals surface area contributed by atoms with Crippen LogP contribution in [0, 0.1) is 13.8 Å². The van der Waals surface area contributed by atoms with Crippen molar-refractivity contribution < 1.29 is 0 Å². The van der Waals surface area contributed by atoms with Gasteiger partial charge in [0.2, 0.25) is 0 Å². The number of halogens is 1. The van der Waals surface area contributed by atoms with E-state index < -0.39 is 0 Å². The summed E-state index contributed by atoms with van der Waals surface area (Å²) in [6.07, 6.45) is 3.10. The third kappa shape index (κ3) is 3.65. The lowest BCUT2D eigenvalue weighted by Gasteiger charge is -2.17. The summed E-state index contributed by atoms with van der Waals surface area (Å²) >= 11 is 5.41. The first-order valence-electron chi connectivity index (χ1n) is 6.53. The van der Waals surface area contributed by atoms with Gasteiger partial charge in [-0.15, -0.1) is 11.3 Å². The lowest BCUT2D eigenvalue weighted by molar-refractivity contribution is 0.604.